The summed E-state index contributed by atoms with van der Waals surface area (Å²) in [6.07, 6.45) is -0.277. The monoisotopic (exact) mass is 575 g/mol. The Hall–Kier alpha value is -4.44. The molecule has 0 saturated heterocycles. The highest BCUT2D eigenvalue weighted by atomic mass is 19.4. The van der Waals surface area contributed by atoms with Gasteiger partial charge in [0, 0.05) is 43.0 Å². The Morgan fingerprint density at radius 3 is 2.19 bits per heavy atom. The molecule has 2 aromatic carbocycles. The summed E-state index contributed by atoms with van der Waals surface area (Å²) in [6, 6.07) is 14.7. The molecule has 7 nitrogen and oxygen atoms in total. The number of alkyl halides is 3. The fourth-order valence-electron chi connectivity index (χ4n) is 5.15. The molecule has 0 aliphatic heterocycles. The minimum atomic E-state index is -4.81. The van der Waals surface area contributed by atoms with Gasteiger partial charge in [-0.25, -0.2) is 9.97 Å². The predicted molar refractivity (Wildman–Crippen MR) is 156 cm³/mol. The van der Waals surface area contributed by atoms with Crippen molar-refractivity contribution in [2.24, 2.45) is 7.05 Å². The molecule has 1 N–H and O–H groups in total. The van der Waals surface area contributed by atoms with E-state index in [0.717, 1.165) is 11.3 Å². The lowest BCUT2D eigenvalue weighted by Crippen LogP contribution is -2.31. The third-order valence-electron chi connectivity index (χ3n) is 7.44. The highest BCUT2D eigenvalue weighted by molar-refractivity contribution is 5.89. The van der Waals surface area contributed by atoms with Gasteiger partial charge in [-0.2, -0.15) is 13.2 Å². The minimum absolute atomic E-state index is 0.0952. The predicted octanol–water partition coefficient (Wildman–Crippen LogP) is 6.92. The number of ether oxygens (including phenoxy) is 1. The summed E-state index contributed by atoms with van der Waals surface area (Å²) in [5, 5.41) is 12.2. The van der Waals surface area contributed by atoms with Crippen LogP contribution in [0, 0.1) is 13.8 Å². The first-order chi connectivity index (χ1) is 20.0. The van der Waals surface area contributed by atoms with Crippen LogP contribution in [0.2, 0.25) is 0 Å². The Labute approximate surface area is 242 Å². The molecule has 3 heterocycles. The Bertz CT molecular complexity index is 1710. The molecular weight excluding hydrogens is 543 g/mol. The summed E-state index contributed by atoms with van der Waals surface area (Å²) in [5.74, 6) is -0.0347. The molecule has 0 aliphatic rings. The van der Waals surface area contributed by atoms with Gasteiger partial charge in [0.2, 0.25) is 0 Å². The van der Waals surface area contributed by atoms with E-state index in [1.165, 1.54) is 30.9 Å². The van der Waals surface area contributed by atoms with Crippen LogP contribution in [0.4, 0.5) is 19.0 Å². The third-order valence-corrected chi connectivity index (χ3v) is 7.44. The molecule has 0 radical (unpaired) electrons. The lowest BCUT2D eigenvalue weighted by Gasteiger charge is -2.30. The highest BCUT2D eigenvalue weighted by Crippen LogP contribution is 2.48. The number of hydrogen-bond acceptors (Lipinski definition) is 6. The van der Waals surface area contributed by atoms with E-state index < -0.39 is 17.3 Å². The molecule has 218 valence electrons. The van der Waals surface area contributed by atoms with E-state index in [-0.39, 0.29) is 33.8 Å². The molecule has 0 aliphatic carbocycles. The van der Waals surface area contributed by atoms with Crippen molar-refractivity contribution in [2.75, 3.05) is 18.0 Å². The van der Waals surface area contributed by atoms with Crippen LogP contribution in [0.3, 0.4) is 0 Å². The van der Waals surface area contributed by atoms with Gasteiger partial charge >= 0.3 is 6.18 Å². The fourth-order valence-corrected chi connectivity index (χ4v) is 5.15. The number of benzene rings is 2. The maximum absolute atomic E-state index is 15.1. The van der Waals surface area contributed by atoms with Gasteiger partial charge in [0.05, 0.1) is 23.7 Å². The van der Waals surface area contributed by atoms with Crippen LogP contribution in [-0.2, 0) is 18.8 Å². The number of pyridine rings is 2. The summed E-state index contributed by atoms with van der Waals surface area (Å²) in [5.41, 5.74) is -0.0752. The van der Waals surface area contributed by atoms with Gasteiger partial charge in [-0.05, 0) is 63.6 Å². The van der Waals surface area contributed by atoms with Crippen LogP contribution in [0.1, 0.15) is 47.5 Å². The standard InChI is InChI=1S/C32H32F3N5O2/c1-6-40(7-2)30-29(42-24-13-8-20(3)9-14-24)28(32(33,34)35)25-16-22(12-15-26(25)38-30)31(41,27-18-36-19-39(27)5)23-11-10-21(4)37-17-23/h8-19,41H,6-7H2,1-5H3. The van der Waals surface area contributed by atoms with Crippen molar-refractivity contribution in [1.29, 1.82) is 0 Å². The number of imidazole rings is 1. The number of rotatable bonds is 8. The molecule has 0 amide bonds. The van der Waals surface area contributed by atoms with Crippen molar-refractivity contribution in [3.05, 3.63) is 107 Å². The second-order valence-corrected chi connectivity index (χ2v) is 10.2. The number of nitrogens with zero attached hydrogens (tertiary/aromatic N) is 5. The van der Waals surface area contributed by atoms with Gasteiger partial charge in [0.15, 0.2) is 17.2 Å². The first-order valence-electron chi connectivity index (χ1n) is 13.6. The number of aryl methyl sites for hydroxylation is 3. The summed E-state index contributed by atoms with van der Waals surface area (Å²) in [7, 11) is 1.71. The zero-order valence-electron chi connectivity index (χ0n) is 24.1. The van der Waals surface area contributed by atoms with Crippen LogP contribution in [0.5, 0.6) is 11.5 Å². The number of halogens is 3. The van der Waals surface area contributed by atoms with E-state index in [4.69, 9.17) is 4.74 Å². The SMILES string of the molecule is CCN(CC)c1nc2ccc(C(O)(c3ccc(C)nc3)c3cncn3C)cc2c(C(F)(F)F)c1Oc1ccc(C)cc1. The topological polar surface area (TPSA) is 76.3 Å². The maximum Gasteiger partial charge on any atom is 0.420 e. The normalized spacial score (nSPS) is 13.3. The molecule has 1 unspecified atom stereocenters. The number of aliphatic hydroxyl groups is 1. The Morgan fingerprint density at radius 2 is 1.62 bits per heavy atom. The van der Waals surface area contributed by atoms with Gasteiger partial charge in [0.1, 0.15) is 11.3 Å². The van der Waals surface area contributed by atoms with E-state index in [9.17, 15) is 5.11 Å². The van der Waals surface area contributed by atoms with Crippen molar-refractivity contribution < 1.29 is 23.0 Å². The van der Waals surface area contributed by atoms with Crippen molar-refractivity contribution in [1.82, 2.24) is 19.5 Å². The zero-order chi connectivity index (χ0) is 30.2. The average Bonchev–Trinajstić information content (AvgIpc) is 3.40. The molecule has 0 bridgehead atoms. The summed E-state index contributed by atoms with van der Waals surface area (Å²) in [4.78, 5) is 14.9. The van der Waals surface area contributed by atoms with Crippen molar-refractivity contribution >= 4 is 16.7 Å². The highest BCUT2D eigenvalue weighted by Gasteiger charge is 2.42. The second-order valence-electron chi connectivity index (χ2n) is 10.2. The van der Waals surface area contributed by atoms with Crippen LogP contribution in [0.15, 0.2) is 73.3 Å². The smallest absolute Gasteiger partial charge is 0.420 e. The molecule has 0 fully saturated rings. The maximum atomic E-state index is 15.1. The largest absolute Gasteiger partial charge is 0.453 e. The summed E-state index contributed by atoms with van der Waals surface area (Å²) in [6.45, 7) is 8.26. The Morgan fingerprint density at radius 1 is 0.929 bits per heavy atom. The second kappa shape index (κ2) is 11.1. The van der Waals surface area contributed by atoms with E-state index in [2.05, 4.69) is 15.0 Å². The van der Waals surface area contributed by atoms with Gasteiger partial charge in [-0.3, -0.25) is 4.98 Å². The molecule has 0 spiro atoms. The molecule has 5 aromatic rings. The van der Waals surface area contributed by atoms with Gasteiger partial charge in [-0.1, -0.05) is 29.8 Å². The minimum Gasteiger partial charge on any atom is -0.453 e. The molecule has 5 rings (SSSR count). The average molecular weight is 576 g/mol. The van der Waals surface area contributed by atoms with E-state index in [1.807, 2.05) is 27.7 Å². The van der Waals surface area contributed by atoms with E-state index in [0.29, 0.717) is 24.3 Å². The number of anilines is 1. The van der Waals surface area contributed by atoms with Crippen LogP contribution < -0.4 is 9.64 Å². The van der Waals surface area contributed by atoms with Crippen molar-refractivity contribution in [3.63, 3.8) is 0 Å². The van der Waals surface area contributed by atoms with Crippen LogP contribution in [0.25, 0.3) is 10.9 Å². The lowest BCUT2D eigenvalue weighted by atomic mass is 9.83. The molecule has 42 heavy (non-hydrogen) atoms. The summed E-state index contributed by atoms with van der Waals surface area (Å²) >= 11 is 0. The molecule has 3 aromatic heterocycles. The molecule has 10 heteroatoms. The first-order valence-corrected chi connectivity index (χ1v) is 13.6. The zero-order valence-corrected chi connectivity index (χ0v) is 24.1. The number of fused-ring (bicyclic) bond motifs is 1. The fraction of sp³-hybridized carbons (Fsp3) is 0.281. The van der Waals surface area contributed by atoms with Crippen LogP contribution in [-0.4, -0.2) is 37.7 Å². The molecule has 0 saturated carbocycles. The van der Waals surface area contributed by atoms with Crippen molar-refractivity contribution in [2.45, 2.75) is 39.5 Å². The molecular formula is C32H32F3N5O2. The molecule has 1 atom stereocenters. The quantitative estimate of drug-likeness (QED) is 0.216. The first kappa shape index (κ1) is 29.1. The third kappa shape index (κ3) is 5.18. The number of hydrogen-bond donors (Lipinski definition) is 1. The lowest BCUT2D eigenvalue weighted by molar-refractivity contribution is -0.137. The van der Waals surface area contributed by atoms with Gasteiger partial charge in [-0.15, -0.1) is 0 Å². The summed E-state index contributed by atoms with van der Waals surface area (Å²) < 4.78 is 53.0. The van der Waals surface area contributed by atoms with Crippen molar-refractivity contribution in [3.8, 4) is 11.5 Å². The van der Waals surface area contributed by atoms with E-state index in [1.54, 1.807) is 59.0 Å². The Balaban J connectivity index is 1.84. The van der Waals surface area contributed by atoms with Gasteiger partial charge < -0.3 is 19.3 Å². The Kier molecular flexibility index (Phi) is 7.68. The van der Waals surface area contributed by atoms with E-state index >= 15 is 13.2 Å². The van der Waals surface area contributed by atoms with Gasteiger partial charge in [0.25, 0.3) is 0 Å². The van der Waals surface area contributed by atoms with Crippen LogP contribution >= 0.6 is 0 Å². The number of aromatic nitrogens is 4.